The predicted molar refractivity (Wildman–Crippen MR) is 52.1 cm³/mol. The summed E-state index contributed by atoms with van der Waals surface area (Å²) >= 11 is 0. The van der Waals surface area contributed by atoms with Crippen molar-refractivity contribution in [2.24, 2.45) is 0 Å². The van der Waals surface area contributed by atoms with E-state index in [0.29, 0.717) is 0 Å². The van der Waals surface area contributed by atoms with E-state index in [-0.39, 0.29) is 0 Å². The molecule has 0 aliphatic heterocycles. The lowest BCUT2D eigenvalue weighted by atomic mass is 10.3. The molecule has 3 heteroatoms. The fourth-order valence-corrected chi connectivity index (χ4v) is 1.81. The van der Waals surface area contributed by atoms with Gasteiger partial charge in [0.2, 0.25) is 0 Å². The van der Waals surface area contributed by atoms with E-state index >= 15 is 0 Å². The van der Waals surface area contributed by atoms with Crippen molar-refractivity contribution >= 4 is 12.4 Å². The van der Waals surface area contributed by atoms with Gasteiger partial charge in [-0.25, -0.2) is 0 Å². The van der Waals surface area contributed by atoms with E-state index in [1.165, 1.54) is 0 Å². The molecule has 0 spiro atoms. The second-order valence-electron chi connectivity index (χ2n) is 3.05. The third kappa shape index (κ3) is 2.12. The summed E-state index contributed by atoms with van der Waals surface area (Å²) < 4.78 is 16.6. The molecule has 0 saturated heterocycles. The Labute approximate surface area is 72.9 Å². The maximum Gasteiger partial charge on any atom is 0.118 e. The van der Waals surface area contributed by atoms with Crippen molar-refractivity contribution in [2.45, 2.75) is 0 Å². The van der Waals surface area contributed by atoms with Crippen LogP contribution >= 0.6 is 7.14 Å². The van der Waals surface area contributed by atoms with Crippen LogP contribution in [0.3, 0.4) is 0 Å². The lowest BCUT2D eigenvalue weighted by molar-refractivity contribution is 0.415. The van der Waals surface area contributed by atoms with Gasteiger partial charge in [0.1, 0.15) is 12.9 Å². The van der Waals surface area contributed by atoms with Gasteiger partial charge in [0.05, 0.1) is 7.11 Å². The molecule has 0 N–H and O–H groups in total. The Hall–Kier alpha value is -0.750. The monoisotopic (exact) mass is 184 g/mol. The smallest absolute Gasteiger partial charge is 0.118 e. The zero-order valence-corrected chi connectivity index (χ0v) is 8.47. The van der Waals surface area contributed by atoms with Crippen LogP contribution in [0.1, 0.15) is 0 Å². The Morgan fingerprint density at radius 1 is 1.17 bits per heavy atom. The fraction of sp³-hybridized carbons (Fsp3) is 0.333. The minimum atomic E-state index is -2.10. The van der Waals surface area contributed by atoms with E-state index in [1.807, 2.05) is 24.3 Å². The van der Waals surface area contributed by atoms with Crippen LogP contribution in [0.5, 0.6) is 5.75 Å². The molecule has 0 aliphatic rings. The molecule has 1 aromatic carbocycles. The first-order chi connectivity index (χ1) is 5.54. The highest BCUT2D eigenvalue weighted by Crippen LogP contribution is 2.34. The van der Waals surface area contributed by atoms with Gasteiger partial charge in [0.25, 0.3) is 0 Å². The number of hydrogen-bond acceptors (Lipinski definition) is 2. The van der Waals surface area contributed by atoms with Gasteiger partial charge in [0, 0.05) is 5.30 Å². The molecule has 0 bridgehead atoms. The maximum absolute atomic E-state index is 11.6. The van der Waals surface area contributed by atoms with Crippen LogP contribution in [-0.2, 0) is 4.57 Å². The van der Waals surface area contributed by atoms with Crippen molar-refractivity contribution in [1.29, 1.82) is 0 Å². The summed E-state index contributed by atoms with van der Waals surface area (Å²) in [5.41, 5.74) is 0. The summed E-state index contributed by atoms with van der Waals surface area (Å²) in [5.74, 6) is 0.798. The third-order valence-electron chi connectivity index (χ3n) is 1.69. The lowest BCUT2D eigenvalue weighted by Crippen LogP contribution is -2.01. The minimum Gasteiger partial charge on any atom is -0.497 e. The van der Waals surface area contributed by atoms with Gasteiger partial charge in [0.15, 0.2) is 0 Å². The molecule has 0 fully saturated rings. The number of benzene rings is 1. The summed E-state index contributed by atoms with van der Waals surface area (Å²) in [6, 6.07) is 7.35. The van der Waals surface area contributed by atoms with Crippen LogP contribution in [0.15, 0.2) is 24.3 Å². The molecule has 0 unspecified atom stereocenters. The topological polar surface area (TPSA) is 26.3 Å². The van der Waals surface area contributed by atoms with Crippen LogP contribution in [0, 0.1) is 0 Å². The quantitative estimate of drug-likeness (QED) is 0.656. The van der Waals surface area contributed by atoms with Crippen molar-refractivity contribution in [3.05, 3.63) is 24.3 Å². The Balaban J connectivity index is 3.01. The number of methoxy groups -OCH3 is 1. The molecule has 0 amide bonds. The summed E-state index contributed by atoms with van der Waals surface area (Å²) in [4.78, 5) is 0. The zero-order chi connectivity index (χ0) is 9.19. The molecule has 0 aromatic heterocycles. The predicted octanol–water partition coefficient (Wildman–Crippen LogP) is 1.94. The van der Waals surface area contributed by atoms with Crippen LogP contribution in [0.2, 0.25) is 0 Å². The van der Waals surface area contributed by atoms with Crippen molar-refractivity contribution in [2.75, 3.05) is 20.4 Å². The van der Waals surface area contributed by atoms with Crippen LogP contribution < -0.4 is 10.0 Å². The van der Waals surface area contributed by atoms with E-state index in [9.17, 15) is 4.57 Å². The van der Waals surface area contributed by atoms with Crippen molar-refractivity contribution < 1.29 is 9.30 Å². The van der Waals surface area contributed by atoms with Crippen LogP contribution in [0.25, 0.3) is 0 Å². The highest BCUT2D eigenvalue weighted by atomic mass is 31.2. The second kappa shape index (κ2) is 3.32. The molecule has 12 heavy (non-hydrogen) atoms. The van der Waals surface area contributed by atoms with Gasteiger partial charge < -0.3 is 9.30 Å². The number of rotatable bonds is 2. The van der Waals surface area contributed by atoms with Gasteiger partial charge in [-0.05, 0) is 37.6 Å². The summed E-state index contributed by atoms with van der Waals surface area (Å²) in [6.07, 6.45) is 0. The standard InChI is InChI=1S/C9H13O2P/c1-11-8-4-6-9(7-5-8)12(2,3)10/h4-7H,1-3H3. The van der Waals surface area contributed by atoms with Crippen molar-refractivity contribution in [1.82, 2.24) is 0 Å². The first-order valence-corrected chi connectivity index (χ1v) is 6.34. The first-order valence-electron chi connectivity index (χ1n) is 3.73. The van der Waals surface area contributed by atoms with Gasteiger partial charge in [-0.15, -0.1) is 0 Å². The normalized spacial score (nSPS) is 11.2. The second-order valence-corrected chi connectivity index (χ2v) is 6.27. The first kappa shape index (κ1) is 9.34. The molecular formula is C9H13O2P. The Kier molecular flexibility index (Phi) is 2.58. The van der Waals surface area contributed by atoms with E-state index in [2.05, 4.69) is 0 Å². The van der Waals surface area contributed by atoms with E-state index < -0.39 is 7.14 Å². The van der Waals surface area contributed by atoms with E-state index in [0.717, 1.165) is 11.1 Å². The Morgan fingerprint density at radius 2 is 1.67 bits per heavy atom. The molecule has 0 aliphatic carbocycles. The SMILES string of the molecule is COc1ccc(P(C)(C)=O)cc1. The molecular weight excluding hydrogens is 171 g/mol. The van der Waals surface area contributed by atoms with Gasteiger partial charge in [-0.3, -0.25) is 0 Å². The molecule has 0 saturated carbocycles. The lowest BCUT2D eigenvalue weighted by Gasteiger charge is -2.06. The van der Waals surface area contributed by atoms with Gasteiger partial charge in [-0.1, -0.05) is 0 Å². The zero-order valence-electron chi connectivity index (χ0n) is 7.57. The van der Waals surface area contributed by atoms with E-state index in [1.54, 1.807) is 20.4 Å². The van der Waals surface area contributed by atoms with Crippen molar-refractivity contribution in [3.8, 4) is 5.75 Å². The Bertz CT molecular complexity index is 297. The molecule has 1 rings (SSSR count). The van der Waals surface area contributed by atoms with Crippen LogP contribution in [0.4, 0.5) is 0 Å². The van der Waals surface area contributed by atoms with Crippen molar-refractivity contribution in [3.63, 3.8) is 0 Å². The molecule has 66 valence electrons. The number of ether oxygens (including phenoxy) is 1. The highest BCUT2D eigenvalue weighted by Gasteiger charge is 2.09. The number of hydrogen-bond donors (Lipinski definition) is 0. The third-order valence-corrected chi connectivity index (χ3v) is 3.24. The minimum absolute atomic E-state index is 0.798. The fourth-order valence-electron chi connectivity index (χ4n) is 0.941. The van der Waals surface area contributed by atoms with Crippen LogP contribution in [-0.4, -0.2) is 20.4 Å². The average Bonchev–Trinajstić information content (AvgIpc) is 2.03. The molecule has 0 heterocycles. The van der Waals surface area contributed by atoms with E-state index in [4.69, 9.17) is 4.74 Å². The summed E-state index contributed by atoms with van der Waals surface area (Å²) in [6.45, 7) is 3.52. The molecule has 2 nitrogen and oxygen atoms in total. The van der Waals surface area contributed by atoms with Gasteiger partial charge >= 0.3 is 0 Å². The maximum atomic E-state index is 11.6. The largest absolute Gasteiger partial charge is 0.497 e. The summed E-state index contributed by atoms with van der Waals surface area (Å²) in [7, 11) is -0.486. The summed E-state index contributed by atoms with van der Waals surface area (Å²) in [5, 5.41) is 0.892. The molecule has 0 atom stereocenters. The van der Waals surface area contributed by atoms with Gasteiger partial charge in [-0.2, -0.15) is 0 Å². The molecule has 1 aromatic rings. The average molecular weight is 184 g/mol. The Morgan fingerprint density at radius 3 is 2.00 bits per heavy atom. The highest BCUT2D eigenvalue weighted by molar-refractivity contribution is 7.70. The molecule has 0 radical (unpaired) electrons.